The quantitative estimate of drug-likeness (QED) is 0.648. The van der Waals surface area contributed by atoms with Gasteiger partial charge in [0.25, 0.3) is 0 Å². The summed E-state index contributed by atoms with van der Waals surface area (Å²) in [6, 6.07) is 4.33. The van der Waals surface area contributed by atoms with Gasteiger partial charge in [0.05, 0.1) is 5.56 Å². The van der Waals surface area contributed by atoms with Gasteiger partial charge in [0.15, 0.2) is 0 Å². The van der Waals surface area contributed by atoms with Gasteiger partial charge in [-0.05, 0) is 37.8 Å². The average Bonchev–Trinajstić information content (AvgIpc) is 2.37. The topological polar surface area (TPSA) is 66.0 Å². The van der Waals surface area contributed by atoms with Gasteiger partial charge in [-0.25, -0.2) is 4.98 Å². The van der Waals surface area contributed by atoms with Gasteiger partial charge in [0, 0.05) is 18.8 Å². The van der Waals surface area contributed by atoms with Gasteiger partial charge in [0.1, 0.15) is 11.7 Å². The normalized spacial score (nSPS) is 23.1. The molecule has 1 aliphatic carbocycles. The van der Waals surface area contributed by atoms with Gasteiger partial charge in [-0.1, -0.05) is 19.8 Å². The van der Waals surface area contributed by atoms with Crippen LogP contribution in [-0.4, -0.2) is 23.9 Å². The van der Waals surface area contributed by atoms with Crippen LogP contribution in [0.15, 0.2) is 12.1 Å². The Balaban J connectivity index is 2.29. The second-order valence-electron chi connectivity index (χ2n) is 5.77. The molecular weight excluding hydrogens is 236 g/mol. The molecule has 0 radical (unpaired) electrons. The molecule has 1 heterocycles. The Morgan fingerprint density at radius 2 is 2.16 bits per heavy atom. The van der Waals surface area contributed by atoms with Crippen LogP contribution in [0.5, 0.6) is 0 Å². The lowest BCUT2D eigenvalue weighted by molar-refractivity contribution is 0.335. The number of hydrogen-bond donors (Lipinski definition) is 2. The number of amidine groups is 1. The zero-order chi connectivity index (χ0) is 14.0. The second kappa shape index (κ2) is 5.59. The predicted molar refractivity (Wildman–Crippen MR) is 79.8 cm³/mol. The first-order chi connectivity index (χ1) is 8.99. The van der Waals surface area contributed by atoms with Crippen molar-refractivity contribution < 1.29 is 0 Å². The highest BCUT2D eigenvalue weighted by Gasteiger charge is 2.25. The van der Waals surface area contributed by atoms with Gasteiger partial charge in [-0.2, -0.15) is 0 Å². The summed E-state index contributed by atoms with van der Waals surface area (Å²) in [5, 5.41) is 7.70. The summed E-state index contributed by atoms with van der Waals surface area (Å²) in [5.74, 6) is 1.72. The molecule has 1 saturated carbocycles. The number of nitrogens with one attached hydrogen (secondary N) is 1. The number of anilines is 1. The van der Waals surface area contributed by atoms with Crippen LogP contribution in [0.25, 0.3) is 0 Å². The molecule has 104 valence electrons. The second-order valence-corrected chi connectivity index (χ2v) is 5.77. The minimum Gasteiger partial charge on any atom is -0.384 e. The third-order valence-electron chi connectivity index (χ3n) is 4.10. The molecular formula is C15H24N4. The lowest BCUT2D eigenvalue weighted by Gasteiger charge is -2.35. The minimum atomic E-state index is 0.0956. The van der Waals surface area contributed by atoms with Crippen LogP contribution in [0, 0.1) is 18.3 Å². The van der Waals surface area contributed by atoms with Gasteiger partial charge < -0.3 is 10.6 Å². The van der Waals surface area contributed by atoms with Crippen LogP contribution >= 0.6 is 0 Å². The van der Waals surface area contributed by atoms with Gasteiger partial charge in [-0.15, -0.1) is 0 Å². The largest absolute Gasteiger partial charge is 0.384 e. The number of rotatable bonds is 3. The number of nitrogens with two attached hydrogens (primary N) is 1. The standard InChI is InChI=1S/C15H24N4/c1-10-5-4-6-12(9-10)19(3)15-13(14(16)17)8-7-11(2)18-15/h7-8,10,12H,4-6,9H2,1-3H3,(H3,16,17). The zero-order valence-corrected chi connectivity index (χ0v) is 12.1. The molecule has 4 heteroatoms. The lowest BCUT2D eigenvalue weighted by Crippen LogP contribution is -2.37. The Kier molecular flexibility index (Phi) is 4.08. The highest BCUT2D eigenvalue weighted by atomic mass is 15.2. The number of pyridine rings is 1. The van der Waals surface area contributed by atoms with Crippen molar-refractivity contribution in [1.82, 2.24) is 4.98 Å². The fraction of sp³-hybridized carbons (Fsp3) is 0.600. The lowest BCUT2D eigenvalue weighted by atomic mass is 9.86. The van der Waals surface area contributed by atoms with Crippen molar-refractivity contribution in [3.05, 3.63) is 23.4 Å². The van der Waals surface area contributed by atoms with Crippen molar-refractivity contribution in [1.29, 1.82) is 5.41 Å². The van der Waals surface area contributed by atoms with E-state index < -0.39 is 0 Å². The van der Waals surface area contributed by atoms with Gasteiger partial charge in [-0.3, -0.25) is 5.41 Å². The van der Waals surface area contributed by atoms with Gasteiger partial charge >= 0.3 is 0 Å². The third-order valence-corrected chi connectivity index (χ3v) is 4.10. The van der Waals surface area contributed by atoms with E-state index in [1.165, 1.54) is 25.7 Å². The number of nitrogen functional groups attached to an aromatic ring is 1. The van der Waals surface area contributed by atoms with Crippen molar-refractivity contribution in [3.63, 3.8) is 0 Å². The van der Waals surface area contributed by atoms with E-state index in [0.29, 0.717) is 6.04 Å². The number of aryl methyl sites for hydroxylation is 1. The van der Waals surface area contributed by atoms with E-state index in [9.17, 15) is 0 Å². The van der Waals surface area contributed by atoms with E-state index >= 15 is 0 Å². The van der Waals surface area contributed by atoms with Crippen molar-refractivity contribution in [2.45, 2.75) is 45.6 Å². The average molecular weight is 260 g/mol. The van der Waals surface area contributed by atoms with Crippen LogP contribution < -0.4 is 10.6 Å². The van der Waals surface area contributed by atoms with Crippen LogP contribution in [0.4, 0.5) is 5.82 Å². The van der Waals surface area contributed by atoms with Crippen LogP contribution in [0.1, 0.15) is 43.9 Å². The first-order valence-corrected chi connectivity index (χ1v) is 7.04. The molecule has 0 amide bonds. The molecule has 0 aromatic carbocycles. The summed E-state index contributed by atoms with van der Waals surface area (Å²) in [4.78, 5) is 6.82. The van der Waals surface area contributed by atoms with E-state index in [1.807, 2.05) is 19.1 Å². The molecule has 0 saturated heterocycles. The Bertz CT molecular complexity index is 469. The van der Waals surface area contributed by atoms with E-state index in [-0.39, 0.29) is 5.84 Å². The number of hydrogen-bond acceptors (Lipinski definition) is 3. The van der Waals surface area contributed by atoms with E-state index in [1.54, 1.807) is 0 Å². The molecule has 0 bridgehead atoms. The van der Waals surface area contributed by atoms with E-state index in [0.717, 1.165) is 23.0 Å². The van der Waals surface area contributed by atoms with Crippen LogP contribution in [0.2, 0.25) is 0 Å². The Labute approximate surface area is 115 Å². The third kappa shape index (κ3) is 3.06. The molecule has 19 heavy (non-hydrogen) atoms. The van der Waals surface area contributed by atoms with Crippen molar-refractivity contribution in [2.75, 3.05) is 11.9 Å². The minimum absolute atomic E-state index is 0.0956. The van der Waals surface area contributed by atoms with E-state index in [2.05, 4.69) is 23.9 Å². The van der Waals surface area contributed by atoms with Gasteiger partial charge in [0.2, 0.25) is 0 Å². The zero-order valence-electron chi connectivity index (χ0n) is 12.1. The SMILES string of the molecule is Cc1ccc(C(=N)N)c(N(C)C2CCCC(C)C2)n1. The van der Waals surface area contributed by atoms with E-state index in [4.69, 9.17) is 11.1 Å². The highest BCUT2D eigenvalue weighted by molar-refractivity contribution is 5.99. The van der Waals surface area contributed by atoms with Crippen LogP contribution in [0.3, 0.4) is 0 Å². The van der Waals surface area contributed by atoms with Crippen molar-refractivity contribution in [3.8, 4) is 0 Å². The summed E-state index contributed by atoms with van der Waals surface area (Å²) >= 11 is 0. The molecule has 2 rings (SSSR count). The van der Waals surface area contributed by atoms with Crippen molar-refractivity contribution >= 4 is 11.7 Å². The molecule has 1 aromatic heterocycles. The highest BCUT2D eigenvalue weighted by Crippen LogP contribution is 2.30. The first kappa shape index (κ1) is 13.8. The first-order valence-electron chi connectivity index (χ1n) is 7.04. The maximum Gasteiger partial charge on any atom is 0.139 e. The molecule has 1 aliphatic rings. The summed E-state index contributed by atoms with van der Waals surface area (Å²) in [5.41, 5.74) is 7.39. The Morgan fingerprint density at radius 3 is 2.79 bits per heavy atom. The van der Waals surface area contributed by atoms with Crippen molar-refractivity contribution in [2.24, 2.45) is 11.7 Å². The molecule has 3 N–H and O–H groups in total. The Morgan fingerprint density at radius 1 is 1.42 bits per heavy atom. The summed E-state index contributed by atoms with van der Waals surface area (Å²) in [6.07, 6.45) is 5.00. The molecule has 0 spiro atoms. The number of aromatic nitrogens is 1. The monoisotopic (exact) mass is 260 g/mol. The fourth-order valence-electron chi connectivity index (χ4n) is 2.95. The number of nitrogens with zero attached hydrogens (tertiary/aromatic N) is 2. The fourth-order valence-corrected chi connectivity index (χ4v) is 2.95. The predicted octanol–water partition coefficient (Wildman–Crippen LogP) is 2.69. The molecule has 0 aliphatic heterocycles. The maximum atomic E-state index is 7.70. The molecule has 1 fully saturated rings. The summed E-state index contributed by atoms with van der Waals surface area (Å²) < 4.78 is 0. The summed E-state index contributed by atoms with van der Waals surface area (Å²) in [6.45, 7) is 4.29. The Hall–Kier alpha value is -1.58. The molecule has 2 atom stereocenters. The molecule has 4 nitrogen and oxygen atoms in total. The molecule has 1 aromatic rings. The van der Waals surface area contributed by atoms with Crippen LogP contribution in [-0.2, 0) is 0 Å². The summed E-state index contributed by atoms with van der Waals surface area (Å²) in [7, 11) is 2.08. The smallest absolute Gasteiger partial charge is 0.139 e. The molecule has 2 unspecified atom stereocenters. The maximum absolute atomic E-state index is 7.70.